The van der Waals surface area contributed by atoms with Gasteiger partial charge in [-0.15, -0.1) is 10.2 Å². The van der Waals surface area contributed by atoms with Crippen LogP contribution in [-0.4, -0.2) is 42.2 Å². The van der Waals surface area contributed by atoms with Gasteiger partial charge in [-0.3, -0.25) is 14.5 Å². The number of amides is 1. The van der Waals surface area contributed by atoms with E-state index in [2.05, 4.69) is 10.2 Å². The Hall–Kier alpha value is -2.94. The van der Waals surface area contributed by atoms with E-state index in [-0.39, 0.29) is 29.5 Å². The average molecular weight is 442 g/mol. The van der Waals surface area contributed by atoms with Crippen LogP contribution in [0.5, 0.6) is 11.5 Å². The van der Waals surface area contributed by atoms with Crippen LogP contribution in [0.3, 0.4) is 0 Å². The molecule has 1 amide bonds. The van der Waals surface area contributed by atoms with E-state index < -0.39 is 6.04 Å². The van der Waals surface area contributed by atoms with Crippen LogP contribution < -0.4 is 14.4 Å². The molecular weight excluding hydrogens is 418 g/mol. The largest absolute Gasteiger partial charge is 0.493 e. The molecule has 3 heterocycles. The molecule has 1 aromatic carbocycles. The first-order chi connectivity index (χ1) is 15.0. The van der Waals surface area contributed by atoms with Crippen molar-refractivity contribution in [3.63, 3.8) is 0 Å². The molecule has 5 rings (SSSR count). The predicted octanol–water partition coefficient (Wildman–Crippen LogP) is 3.36. The Morgan fingerprint density at radius 3 is 2.58 bits per heavy atom. The lowest BCUT2D eigenvalue weighted by atomic mass is 9.77. The summed E-state index contributed by atoms with van der Waals surface area (Å²) in [6, 6.07) is 4.77. The van der Waals surface area contributed by atoms with Crippen molar-refractivity contribution >= 4 is 28.2 Å². The van der Waals surface area contributed by atoms with Crippen LogP contribution in [-0.2, 0) is 14.3 Å². The van der Waals surface area contributed by atoms with Gasteiger partial charge < -0.3 is 14.2 Å². The molecule has 1 aromatic heterocycles. The van der Waals surface area contributed by atoms with Gasteiger partial charge in [-0.05, 0) is 43.9 Å². The monoisotopic (exact) mass is 441 g/mol. The van der Waals surface area contributed by atoms with Gasteiger partial charge in [-0.2, -0.15) is 0 Å². The smallest absolute Gasteiger partial charge is 0.296 e. The number of methoxy groups -OCH3 is 2. The molecule has 9 heteroatoms. The summed E-state index contributed by atoms with van der Waals surface area (Å²) in [7, 11) is 3.12. The maximum atomic E-state index is 13.6. The highest BCUT2D eigenvalue weighted by atomic mass is 32.1. The highest BCUT2D eigenvalue weighted by molar-refractivity contribution is 7.15. The third-order valence-corrected chi connectivity index (χ3v) is 7.05. The van der Waals surface area contributed by atoms with Gasteiger partial charge >= 0.3 is 0 Å². The molecular formula is C22H23N3O5S. The molecule has 0 radical (unpaired) electrons. The molecule has 3 unspecified atom stereocenters. The SMILES string of the molecule is COc1ccc(C2C3=C(OC4CCCCC4C3=O)C(=O)N2c2nnc(C)s2)cc1OC. The van der Waals surface area contributed by atoms with Crippen LogP contribution in [0.25, 0.3) is 0 Å². The van der Waals surface area contributed by atoms with E-state index >= 15 is 0 Å². The van der Waals surface area contributed by atoms with Crippen molar-refractivity contribution in [2.45, 2.75) is 44.8 Å². The fourth-order valence-corrected chi connectivity index (χ4v) is 5.48. The third kappa shape index (κ3) is 3.10. The topological polar surface area (TPSA) is 90.9 Å². The molecule has 0 N–H and O–H groups in total. The lowest BCUT2D eigenvalue weighted by Gasteiger charge is -2.35. The van der Waals surface area contributed by atoms with Gasteiger partial charge in [0, 0.05) is 0 Å². The molecule has 2 aromatic rings. The molecule has 1 aliphatic carbocycles. The summed E-state index contributed by atoms with van der Waals surface area (Å²) in [6.07, 6.45) is 3.34. The number of aromatic nitrogens is 2. The van der Waals surface area contributed by atoms with E-state index in [1.54, 1.807) is 26.4 Å². The minimum atomic E-state index is -0.648. The second-order valence-electron chi connectivity index (χ2n) is 7.95. The van der Waals surface area contributed by atoms with Crippen molar-refractivity contribution in [1.82, 2.24) is 10.2 Å². The molecule has 3 aliphatic rings. The molecule has 0 saturated heterocycles. The molecule has 31 heavy (non-hydrogen) atoms. The van der Waals surface area contributed by atoms with Crippen molar-refractivity contribution in [2.24, 2.45) is 5.92 Å². The Labute approximate surface area is 183 Å². The van der Waals surface area contributed by atoms with E-state index in [9.17, 15) is 9.59 Å². The van der Waals surface area contributed by atoms with E-state index in [0.29, 0.717) is 22.2 Å². The van der Waals surface area contributed by atoms with E-state index in [1.165, 1.54) is 16.2 Å². The van der Waals surface area contributed by atoms with Gasteiger partial charge in [0.25, 0.3) is 5.91 Å². The Balaban J connectivity index is 1.66. The van der Waals surface area contributed by atoms with E-state index in [0.717, 1.165) is 36.3 Å². The zero-order valence-corrected chi connectivity index (χ0v) is 18.4. The number of ketones is 1. The maximum absolute atomic E-state index is 13.6. The number of aryl methyl sites for hydroxylation is 1. The third-order valence-electron chi connectivity index (χ3n) is 6.21. The summed E-state index contributed by atoms with van der Waals surface area (Å²) in [5.41, 5.74) is 1.14. The Bertz CT molecular complexity index is 1090. The fraction of sp³-hybridized carbons (Fsp3) is 0.455. The second kappa shape index (κ2) is 7.64. The van der Waals surface area contributed by atoms with Crippen LogP contribution in [0, 0.1) is 12.8 Å². The van der Waals surface area contributed by atoms with Crippen molar-refractivity contribution < 1.29 is 23.8 Å². The van der Waals surface area contributed by atoms with E-state index in [1.807, 2.05) is 13.0 Å². The standard InChI is InChI=1S/C22H23N3O5S/c1-11-23-24-22(31-11)25-18(12-8-9-15(28-2)16(10-12)29-3)17-19(26)13-6-4-5-7-14(13)30-20(17)21(25)27/h8-10,13-14,18H,4-7H2,1-3H3. The normalized spacial score (nSPS) is 25.3. The van der Waals surface area contributed by atoms with Crippen molar-refractivity contribution in [3.8, 4) is 11.5 Å². The van der Waals surface area contributed by atoms with Gasteiger partial charge in [-0.25, -0.2) is 0 Å². The fourth-order valence-electron chi connectivity index (χ4n) is 4.76. The number of hydrogen-bond acceptors (Lipinski definition) is 8. The number of anilines is 1. The van der Waals surface area contributed by atoms with Crippen LogP contribution in [0.4, 0.5) is 5.13 Å². The molecule has 8 nitrogen and oxygen atoms in total. The molecule has 0 spiro atoms. The van der Waals surface area contributed by atoms with Crippen LogP contribution in [0.15, 0.2) is 29.5 Å². The summed E-state index contributed by atoms with van der Waals surface area (Å²) < 4.78 is 17.0. The average Bonchev–Trinajstić information content (AvgIpc) is 3.34. The highest BCUT2D eigenvalue weighted by Gasteiger charge is 2.53. The molecule has 162 valence electrons. The maximum Gasteiger partial charge on any atom is 0.296 e. The highest BCUT2D eigenvalue weighted by Crippen LogP contribution is 2.49. The molecule has 1 fully saturated rings. The summed E-state index contributed by atoms with van der Waals surface area (Å²) in [5, 5.41) is 9.45. The number of Topliss-reactive ketones (excluding diaryl/α,β-unsaturated/α-hetero) is 1. The van der Waals surface area contributed by atoms with Gasteiger partial charge in [-0.1, -0.05) is 23.8 Å². The first-order valence-electron chi connectivity index (χ1n) is 10.3. The molecule has 1 saturated carbocycles. The first kappa shape index (κ1) is 20.0. The summed E-state index contributed by atoms with van der Waals surface area (Å²) in [5.74, 6) is 0.697. The molecule has 3 atom stereocenters. The van der Waals surface area contributed by atoms with Gasteiger partial charge in [0.1, 0.15) is 11.1 Å². The number of rotatable bonds is 4. The summed E-state index contributed by atoms with van der Waals surface area (Å²) >= 11 is 1.31. The van der Waals surface area contributed by atoms with Crippen molar-refractivity contribution in [3.05, 3.63) is 40.1 Å². The zero-order valence-electron chi connectivity index (χ0n) is 17.6. The van der Waals surface area contributed by atoms with Gasteiger partial charge in [0.15, 0.2) is 23.0 Å². The van der Waals surface area contributed by atoms with Gasteiger partial charge in [0.2, 0.25) is 5.13 Å². The summed E-state index contributed by atoms with van der Waals surface area (Å²) in [6.45, 7) is 1.83. The van der Waals surface area contributed by atoms with E-state index in [4.69, 9.17) is 14.2 Å². The molecule has 0 bridgehead atoms. The minimum Gasteiger partial charge on any atom is -0.493 e. The number of benzene rings is 1. The number of ether oxygens (including phenoxy) is 3. The number of carbonyl (C=O) groups is 2. The molecule has 2 aliphatic heterocycles. The van der Waals surface area contributed by atoms with Crippen LogP contribution >= 0.6 is 11.3 Å². The number of hydrogen-bond donors (Lipinski definition) is 0. The van der Waals surface area contributed by atoms with Crippen molar-refractivity contribution in [2.75, 3.05) is 19.1 Å². The first-order valence-corrected chi connectivity index (χ1v) is 11.2. The lowest BCUT2D eigenvalue weighted by molar-refractivity contribution is -0.131. The number of nitrogens with zero attached hydrogens (tertiary/aromatic N) is 3. The Kier molecular flexibility index (Phi) is 4.92. The van der Waals surface area contributed by atoms with Crippen molar-refractivity contribution in [1.29, 1.82) is 0 Å². The zero-order chi connectivity index (χ0) is 21.7. The Morgan fingerprint density at radius 2 is 1.87 bits per heavy atom. The summed E-state index contributed by atoms with van der Waals surface area (Å²) in [4.78, 5) is 28.7. The quantitative estimate of drug-likeness (QED) is 0.718. The number of fused-ring (bicyclic) bond motifs is 1. The van der Waals surface area contributed by atoms with Crippen LogP contribution in [0.2, 0.25) is 0 Å². The van der Waals surface area contributed by atoms with Crippen LogP contribution in [0.1, 0.15) is 42.3 Å². The number of carbonyl (C=O) groups excluding carboxylic acids is 2. The second-order valence-corrected chi connectivity index (χ2v) is 9.11. The predicted molar refractivity (Wildman–Crippen MR) is 113 cm³/mol. The van der Waals surface area contributed by atoms with Gasteiger partial charge in [0.05, 0.1) is 31.8 Å². The minimum absolute atomic E-state index is 0.00261. The Morgan fingerprint density at radius 1 is 1.10 bits per heavy atom. The lowest BCUT2D eigenvalue weighted by Crippen LogP contribution is -2.39.